The molecule has 1 aromatic heterocycles. The number of nitrogens with zero attached hydrogens (tertiary/aromatic N) is 1. The zero-order valence-corrected chi connectivity index (χ0v) is 32.0. The Morgan fingerprint density at radius 2 is 0.609 bits per heavy atom. The van der Waals surface area contributed by atoms with E-state index >= 15 is 35.1 Å². The normalized spacial score (nSPS) is 11.6. The standard InChI is InChI=1S/C24BF20.C18H24N/c26-5-1(6(27)14(35)21(42)13(5)34)25(2-7(28)15(36)22(43)16(37)8(2)29,3-9(30)17(38)23(44)18(39)10(3)31)4-11(32)19(40)24(45)20(41)12(4)33;1-2-3-4-6-9-17-12-14-19(15-13-17)16-18-10-7-5-8-11-18/h;5,7-8,10-15H,2-4,6,9,16H2,1H3/q-1;+1. The first-order valence-electron chi connectivity index (χ1n) is 18.3. The molecular formula is C42H24BF20N. The minimum atomic E-state index is -7.22. The van der Waals surface area contributed by atoms with E-state index in [0.29, 0.717) is 0 Å². The van der Waals surface area contributed by atoms with Gasteiger partial charge in [0.15, 0.2) is 88.7 Å². The van der Waals surface area contributed by atoms with E-state index in [4.69, 9.17) is 0 Å². The predicted molar refractivity (Wildman–Crippen MR) is 189 cm³/mol. The van der Waals surface area contributed by atoms with Gasteiger partial charge in [0.25, 0.3) is 0 Å². The first kappa shape index (κ1) is 48.9. The minimum absolute atomic E-state index is 0.955. The fourth-order valence-corrected chi connectivity index (χ4v) is 7.18. The molecule has 0 aliphatic heterocycles. The largest absolute Gasteiger partial charge is 0.207 e. The number of aryl methyl sites for hydroxylation is 1. The maximum atomic E-state index is 15.4. The van der Waals surface area contributed by atoms with Gasteiger partial charge in [0.05, 0.1) is 0 Å². The summed E-state index contributed by atoms with van der Waals surface area (Å²) >= 11 is 0. The lowest BCUT2D eigenvalue weighted by atomic mass is 9.12. The van der Waals surface area contributed by atoms with Crippen LogP contribution in [0.25, 0.3) is 0 Å². The third-order valence-corrected chi connectivity index (χ3v) is 10.2. The topological polar surface area (TPSA) is 3.88 Å². The van der Waals surface area contributed by atoms with Crippen molar-refractivity contribution >= 4 is 28.0 Å². The summed E-state index contributed by atoms with van der Waals surface area (Å²) in [5.74, 6) is -71.4. The lowest BCUT2D eigenvalue weighted by Crippen LogP contribution is -2.81. The number of rotatable bonds is 11. The molecule has 5 aromatic carbocycles. The Labute approximate surface area is 348 Å². The Bertz CT molecular complexity index is 2350. The molecule has 0 bridgehead atoms. The highest BCUT2D eigenvalue weighted by molar-refractivity contribution is 7.20. The molecule has 0 unspecified atom stereocenters. The number of aromatic nitrogens is 1. The SMILES string of the molecule is CCCCCCc1cc[n+](Cc2ccccc2)cc1.Fc1c(F)c(F)c([B-](c2c(F)c(F)c(F)c(F)c2F)(c2c(F)c(F)c(F)c(F)c2F)c2c(F)c(F)c(F)c(F)c2F)c(F)c1F. The molecule has 0 aliphatic carbocycles. The van der Waals surface area contributed by atoms with Crippen LogP contribution in [0.2, 0.25) is 0 Å². The molecule has 0 saturated carbocycles. The van der Waals surface area contributed by atoms with Crippen LogP contribution in [0.4, 0.5) is 87.8 Å². The van der Waals surface area contributed by atoms with Gasteiger partial charge in [-0.15, -0.1) is 21.9 Å². The molecule has 1 nitrogen and oxygen atoms in total. The molecule has 0 saturated heterocycles. The summed E-state index contributed by atoms with van der Waals surface area (Å²) in [6, 6.07) is 15.1. The Balaban J connectivity index is 0.000000337. The van der Waals surface area contributed by atoms with Crippen LogP contribution >= 0.6 is 0 Å². The van der Waals surface area contributed by atoms with E-state index in [0.717, 1.165) is 6.54 Å². The van der Waals surface area contributed by atoms with Crippen LogP contribution in [0.5, 0.6) is 0 Å². The molecule has 0 aliphatic rings. The molecule has 1 heterocycles. The van der Waals surface area contributed by atoms with Gasteiger partial charge < -0.3 is 0 Å². The van der Waals surface area contributed by atoms with Gasteiger partial charge in [-0.1, -0.05) is 56.5 Å². The predicted octanol–water partition coefficient (Wildman–Crippen LogP) is 9.99. The van der Waals surface area contributed by atoms with Crippen molar-refractivity contribution in [1.29, 1.82) is 0 Å². The number of hydrogen-bond donors (Lipinski definition) is 0. The van der Waals surface area contributed by atoms with Crippen molar-refractivity contribution in [3.8, 4) is 0 Å². The van der Waals surface area contributed by atoms with Crippen molar-refractivity contribution in [2.45, 2.75) is 45.6 Å². The molecule has 0 amide bonds. The van der Waals surface area contributed by atoms with Crippen molar-refractivity contribution in [1.82, 2.24) is 0 Å². The van der Waals surface area contributed by atoms with E-state index in [2.05, 4.69) is 66.3 Å². The second-order valence-electron chi connectivity index (χ2n) is 14.0. The van der Waals surface area contributed by atoms with E-state index in [1.165, 1.54) is 43.2 Å². The van der Waals surface area contributed by atoms with Gasteiger partial charge in [0, 0.05) is 17.7 Å². The zero-order chi connectivity index (χ0) is 47.7. The van der Waals surface area contributed by atoms with Gasteiger partial charge >= 0.3 is 0 Å². The van der Waals surface area contributed by atoms with Crippen LogP contribution in [-0.4, -0.2) is 6.15 Å². The summed E-state index contributed by atoms with van der Waals surface area (Å²) in [5.41, 5.74) is -11.5. The van der Waals surface area contributed by atoms with Crippen molar-refractivity contribution in [2.24, 2.45) is 0 Å². The van der Waals surface area contributed by atoms with Crippen LogP contribution in [0, 0.1) is 116 Å². The number of halogens is 20. The maximum absolute atomic E-state index is 15.4. The molecule has 0 N–H and O–H groups in total. The van der Waals surface area contributed by atoms with Gasteiger partial charge in [-0.05, 0) is 18.4 Å². The summed E-state index contributed by atoms with van der Waals surface area (Å²) in [6.45, 7) is 3.21. The lowest BCUT2D eigenvalue weighted by molar-refractivity contribution is -0.688. The summed E-state index contributed by atoms with van der Waals surface area (Å²) in [4.78, 5) is 0. The zero-order valence-electron chi connectivity index (χ0n) is 32.0. The van der Waals surface area contributed by atoms with Crippen molar-refractivity contribution in [3.05, 3.63) is 182 Å². The van der Waals surface area contributed by atoms with Gasteiger partial charge in [-0.3, -0.25) is 0 Å². The van der Waals surface area contributed by atoms with E-state index < -0.39 is 144 Å². The smallest absolute Gasteiger partial charge is 0.200 e. The van der Waals surface area contributed by atoms with E-state index in [-0.39, 0.29) is 0 Å². The summed E-state index contributed by atoms with van der Waals surface area (Å²) in [7, 11) is 0. The molecule has 0 atom stereocenters. The number of unbranched alkanes of at least 4 members (excludes halogenated alkanes) is 3. The van der Waals surface area contributed by atoms with Crippen LogP contribution in [0.15, 0.2) is 54.9 Å². The Morgan fingerprint density at radius 3 is 0.891 bits per heavy atom. The second kappa shape index (κ2) is 19.3. The van der Waals surface area contributed by atoms with Gasteiger partial charge in [-0.25, -0.2) is 92.4 Å². The quantitative estimate of drug-likeness (QED) is 0.0305. The fourth-order valence-electron chi connectivity index (χ4n) is 7.18. The highest BCUT2D eigenvalue weighted by Gasteiger charge is 2.52. The van der Waals surface area contributed by atoms with Crippen LogP contribution in [-0.2, 0) is 13.0 Å². The maximum Gasteiger partial charge on any atom is 0.200 e. The summed E-state index contributed by atoms with van der Waals surface area (Å²) in [6.07, 6.45) is 3.74. The summed E-state index contributed by atoms with van der Waals surface area (Å²) < 4.78 is 296. The van der Waals surface area contributed by atoms with E-state index in [1.807, 2.05) is 0 Å². The summed E-state index contributed by atoms with van der Waals surface area (Å²) in [5, 5.41) is 0. The molecule has 340 valence electrons. The van der Waals surface area contributed by atoms with Crippen molar-refractivity contribution < 1.29 is 92.4 Å². The van der Waals surface area contributed by atoms with Crippen LogP contribution < -0.4 is 26.4 Å². The Kier molecular flexibility index (Phi) is 14.8. The fraction of sp³-hybridized carbons (Fsp3) is 0.167. The van der Waals surface area contributed by atoms with Crippen LogP contribution in [0.1, 0.15) is 43.7 Å². The highest BCUT2D eigenvalue weighted by Crippen LogP contribution is 2.30. The molecule has 64 heavy (non-hydrogen) atoms. The lowest BCUT2D eigenvalue weighted by Gasteiger charge is -2.44. The molecule has 6 rings (SSSR count). The van der Waals surface area contributed by atoms with Crippen molar-refractivity contribution in [3.63, 3.8) is 0 Å². The Morgan fingerprint density at radius 1 is 0.328 bits per heavy atom. The number of hydrogen-bond acceptors (Lipinski definition) is 0. The molecular weight excluding hydrogens is 909 g/mol. The third kappa shape index (κ3) is 8.37. The van der Waals surface area contributed by atoms with E-state index in [9.17, 15) is 52.7 Å². The molecule has 0 spiro atoms. The third-order valence-electron chi connectivity index (χ3n) is 10.2. The van der Waals surface area contributed by atoms with Gasteiger partial charge in [-0.2, -0.15) is 0 Å². The number of benzene rings is 5. The Hall–Kier alpha value is -6.09. The molecule has 0 radical (unpaired) electrons. The highest BCUT2D eigenvalue weighted by atomic mass is 19.2. The first-order valence-corrected chi connectivity index (χ1v) is 18.3. The molecule has 6 aromatic rings. The average molecular weight is 933 g/mol. The van der Waals surface area contributed by atoms with Crippen LogP contribution in [0.3, 0.4) is 0 Å². The van der Waals surface area contributed by atoms with Gasteiger partial charge in [0.1, 0.15) is 52.7 Å². The first-order chi connectivity index (χ1) is 30.1. The molecule has 0 fully saturated rings. The minimum Gasteiger partial charge on any atom is -0.207 e. The van der Waals surface area contributed by atoms with Gasteiger partial charge in [0.2, 0.25) is 0 Å². The molecule has 22 heteroatoms. The van der Waals surface area contributed by atoms with Crippen molar-refractivity contribution in [2.75, 3.05) is 0 Å². The monoisotopic (exact) mass is 933 g/mol. The van der Waals surface area contributed by atoms with E-state index in [1.54, 1.807) is 0 Å². The average Bonchev–Trinajstić information content (AvgIpc) is 3.28. The second-order valence-corrected chi connectivity index (χ2v) is 14.0. The number of pyridine rings is 1.